The Hall–Kier alpha value is -4.18. The third-order valence-corrected chi connectivity index (χ3v) is 7.75. The van der Waals surface area contributed by atoms with Gasteiger partial charge in [-0.2, -0.15) is 0 Å². The van der Waals surface area contributed by atoms with E-state index in [1.807, 2.05) is 18.2 Å². The van der Waals surface area contributed by atoms with Gasteiger partial charge in [-0.25, -0.2) is 9.59 Å². The Morgan fingerprint density at radius 3 is 2.44 bits per heavy atom. The van der Waals surface area contributed by atoms with Gasteiger partial charge < -0.3 is 23.5 Å². The quantitative estimate of drug-likeness (QED) is 0.313. The molecule has 2 atom stereocenters. The molecule has 3 aliphatic rings. The van der Waals surface area contributed by atoms with Crippen molar-refractivity contribution in [2.75, 3.05) is 20.3 Å². The van der Waals surface area contributed by atoms with Gasteiger partial charge >= 0.3 is 18.2 Å². The van der Waals surface area contributed by atoms with E-state index in [0.717, 1.165) is 61.0 Å². The standard InChI is InChI=1S/C29H28N2O8/c1-35-24-16-17(28(34)29-37-25(32)10-11-26(33)38-29)6-9-23(24)36-13-12-31-19-7-8-20(31)15-18(14-19)27-21-4-2-3-5-22(21)39-30-27/h2-6,9-11,16,18-20,29H,7-8,12-15H2,1H3. The van der Waals surface area contributed by atoms with Gasteiger partial charge in [-0.1, -0.05) is 17.3 Å². The lowest BCUT2D eigenvalue weighted by atomic mass is 9.87. The number of carbonyl (C=O) groups is 3. The molecule has 0 radical (unpaired) electrons. The number of aromatic nitrogens is 1. The summed E-state index contributed by atoms with van der Waals surface area (Å²) in [6, 6.07) is 13.6. The molecule has 0 N–H and O–H groups in total. The highest BCUT2D eigenvalue weighted by molar-refractivity contribution is 6.03. The topological polar surface area (TPSA) is 117 Å². The van der Waals surface area contributed by atoms with Gasteiger partial charge in [0.05, 0.1) is 12.8 Å². The Labute approximate surface area is 224 Å². The van der Waals surface area contributed by atoms with Crippen molar-refractivity contribution >= 4 is 28.7 Å². The minimum atomic E-state index is -1.66. The average molecular weight is 533 g/mol. The van der Waals surface area contributed by atoms with Gasteiger partial charge in [0.25, 0.3) is 0 Å². The van der Waals surface area contributed by atoms with Gasteiger partial charge in [-0.05, 0) is 56.0 Å². The number of para-hydroxylation sites is 1. The van der Waals surface area contributed by atoms with E-state index in [9.17, 15) is 14.4 Å². The molecule has 0 saturated carbocycles. The molecule has 4 heterocycles. The van der Waals surface area contributed by atoms with E-state index in [1.165, 1.54) is 19.2 Å². The number of fused-ring (bicyclic) bond motifs is 3. The van der Waals surface area contributed by atoms with Crippen LogP contribution in [0.15, 0.2) is 59.1 Å². The molecule has 1 aromatic heterocycles. The number of hydrogen-bond donors (Lipinski definition) is 0. The predicted molar refractivity (Wildman–Crippen MR) is 137 cm³/mol. The third kappa shape index (κ3) is 4.99. The highest BCUT2D eigenvalue weighted by atomic mass is 16.7. The van der Waals surface area contributed by atoms with Crippen molar-refractivity contribution in [3.63, 3.8) is 0 Å². The summed E-state index contributed by atoms with van der Waals surface area (Å²) in [7, 11) is 1.48. The summed E-state index contributed by atoms with van der Waals surface area (Å²) >= 11 is 0. The van der Waals surface area contributed by atoms with Crippen LogP contribution in [0.1, 0.15) is 47.7 Å². The first kappa shape index (κ1) is 25.1. The smallest absolute Gasteiger partial charge is 0.334 e. The first-order valence-corrected chi connectivity index (χ1v) is 13.0. The molecule has 6 rings (SSSR count). The number of benzene rings is 2. The SMILES string of the molecule is COc1cc(C(=O)C2OC(=O)C=CC(=O)O2)ccc1OCCN1C2CCC1CC(c1noc3ccccc13)C2. The summed E-state index contributed by atoms with van der Waals surface area (Å²) in [5.41, 5.74) is 2.07. The van der Waals surface area contributed by atoms with Crippen molar-refractivity contribution in [3.05, 3.63) is 65.9 Å². The number of cyclic esters (lactones) is 2. The lowest BCUT2D eigenvalue weighted by Gasteiger charge is -2.38. The van der Waals surface area contributed by atoms with Crippen molar-refractivity contribution < 1.29 is 37.9 Å². The zero-order valence-electron chi connectivity index (χ0n) is 21.4. The van der Waals surface area contributed by atoms with Crippen molar-refractivity contribution in [3.8, 4) is 11.5 Å². The van der Waals surface area contributed by atoms with E-state index >= 15 is 0 Å². The largest absolute Gasteiger partial charge is 0.493 e. The Bertz CT molecular complexity index is 1410. The molecule has 2 unspecified atom stereocenters. The number of Topliss-reactive ketones (excluding diaryl/α,β-unsaturated/α-hetero) is 1. The second-order valence-corrected chi connectivity index (χ2v) is 9.97. The normalized spacial score (nSPS) is 23.4. The molecule has 0 spiro atoms. The Kier molecular flexibility index (Phi) is 6.78. The van der Waals surface area contributed by atoms with E-state index in [1.54, 1.807) is 6.07 Å². The molecule has 0 aliphatic carbocycles. The summed E-state index contributed by atoms with van der Waals surface area (Å²) in [5.74, 6) is -1.12. The Morgan fingerprint density at radius 1 is 1.00 bits per heavy atom. The molecule has 2 fully saturated rings. The van der Waals surface area contributed by atoms with Gasteiger partial charge in [0.2, 0.25) is 5.78 Å². The van der Waals surface area contributed by atoms with Crippen molar-refractivity contribution in [2.24, 2.45) is 0 Å². The van der Waals surface area contributed by atoms with Gasteiger partial charge in [0, 0.05) is 47.6 Å². The fourth-order valence-electron chi connectivity index (χ4n) is 5.96. The molecule has 2 aromatic carbocycles. The summed E-state index contributed by atoms with van der Waals surface area (Å²) in [4.78, 5) is 38.6. The van der Waals surface area contributed by atoms with Crippen LogP contribution in [0.5, 0.6) is 11.5 Å². The number of carbonyl (C=O) groups excluding carboxylic acids is 3. The fraction of sp³-hybridized carbons (Fsp3) is 0.379. The van der Waals surface area contributed by atoms with Crippen LogP contribution in [0, 0.1) is 0 Å². The lowest BCUT2D eigenvalue weighted by Crippen LogP contribution is -2.44. The maximum Gasteiger partial charge on any atom is 0.334 e. The molecule has 0 amide bonds. The molecule has 2 bridgehead atoms. The fourth-order valence-corrected chi connectivity index (χ4v) is 5.96. The number of ether oxygens (including phenoxy) is 4. The zero-order valence-corrected chi connectivity index (χ0v) is 21.4. The molecule has 3 aliphatic heterocycles. The van der Waals surface area contributed by atoms with Crippen LogP contribution in [-0.4, -0.2) is 66.4 Å². The summed E-state index contributed by atoms with van der Waals surface area (Å²) in [6.45, 7) is 1.23. The van der Waals surface area contributed by atoms with Crippen molar-refractivity contribution in [1.82, 2.24) is 10.1 Å². The van der Waals surface area contributed by atoms with Gasteiger partial charge in [0.1, 0.15) is 6.61 Å². The Morgan fingerprint density at radius 2 is 1.72 bits per heavy atom. The summed E-state index contributed by atoms with van der Waals surface area (Å²) in [6.07, 6.45) is 4.56. The van der Waals surface area contributed by atoms with Crippen LogP contribution in [0.3, 0.4) is 0 Å². The number of ketones is 1. The number of methoxy groups -OCH3 is 1. The van der Waals surface area contributed by atoms with E-state index in [2.05, 4.69) is 16.1 Å². The molecule has 3 aromatic rings. The molecule has 202 valence electrons. The Balaban J connectivity index is 1.07. The van der Waals surface area contributed by atoms with Crippen LogP contribution < -0.4 is 9.47 Å². The second kappa shape index (κ2) is 10.5. The maximum absolute atomic E-state index is 12.8. The molecule has 39 heavy (non-hydrogen) atoms. The van der Waals surface area contributed by atoms with Crippen molar-refractivity contribution in [1.29, 1.82) is 0 Å². The van der Waals surface area contributed by atoms with Crippen LogP contribution in [0.2, 0.25) is 0 Å². The molecule has 2 saturated heterocycles. The summed E-state index contributed by atoms with van der Waals surface area (Å²) in [5, 5.41) is 5.53. The minimum Gasteiger partial charge on any atom is -0.493 e. The number of piperidine rings is 1. The first-order chi connectivity index (χ1) is 19.0. The van der Waals surface area contributed by atoms with Crippen LogP contribution >= 0.6 is 0 Å². The minimum absolute atomic E-state index is 0.159. The van der Waals surface area contributed by atoms with Crippen LogP contribution in [0.4, 0.5) is 0 Å². The van der Waals surface area contributed by atoms with Gasteiger partial charge in [0.15, 0.2) is 17.1 Å². The van der Waals surface area contributed by atoms with Crippen molar-refractivity contribution in [2.45, 2.75) is 50.0 Å². The number of hydrogen-bond acceptors (Lipinski definition) is 10. The molecule has 10 nitrogen and oxygen atoms in total. The summed E-state index contributed by atoms with van der Waals surface area (Å²) < 4.78 is 26.9. The maximum atomic E-state index is 12.8. The van der Waals surface area contributed by atoms with E-state index in [4.69, 9.17) is 23.5 Å². The van der Waals surface area contributed by atoms with E-state index in [-0.39, 0.29) is 5.56 Å². The molecular weight excluding hydrogens is 504 g/mol. The number of esters is 2. The average Bonchev–Trinajstić information content (AvgIpc) is 3.41. The molecular formula is C29H28N2O8. The highest BCUT2D eigenvalue weighted by Gasteiger charge is 2.42. The molecule has 10 heteroatoms. The zero-order chi connectivity index (χ0) is 26.9. The van der Waals surface area contributed by atoms with Crippen LogP contribution in [0.25, 0.3) is 11.0 Å². The van der Waals surface area contributed by atoms with E-state index in [0.29, 0.717) is 36.1 Å². The van der Waals surface area contributed by atoms with Gasteiger partial charge in [-0.15, -0.1) is 0 Å². The monoisotopic (exact) mass is 532 g/mol. The number of rotatable bonds is 8. The number of nitrogens with zero attached hydrogens (tertiary/aromatic N) is 2. The predicted octanol–water partition coefficient (Wildman–Crippen LogP) is 3.79. The second-order valence-electron chi connectivity index (χ2n) is 9.97. The van der Waals surface area contributed by atoms with E-state index < -0.39 is 24.0 Å². The highest BCUT2D eigenvalue weighted by Crippen LogP contribution is 2.44. The van der Waals surface area contributed by atoms with Crippen LogP contribution in [-0.2, 0) is 19.1 Å². The third-order valence-electron chi connectivity index (χ3n) is 7.75. The lowest BCUT2D eigenvalue weighted by molar-refractivity contribution is -0.169. The first-order valence-electron chi connectivity index (χ1n) is 13.0. The van der Waals surface area contributed by atoms with Gasteiger partial charge in [-0.3, -0.25) is 9.69 Å².